The number of benzene rings is 2. The van der Waals surface area contributed by atoms with Gasteiger partial charge >= 0.3 is 0 Å². The average Bonchev–Trinajstić information content (AvgIpc) is 3.27. The van der Waals surface area contributed by atoms with Crippen LogP contribution in [-0.2, 0) is 15.1 Å². The third-order valence-electron chi connectivity index (χ3n) is 5.01. The highest BCUT2D eigenvalue weighted by Gasteiger charge is 2.60. The van der Waals surface area contributed by atoms with E-state index >= 15 is 0 Å². The summed E-state index contributed by atoms with van der Waals surface area (Å²) in [6.07, 6.45) is 1.48. The van der Waals surface area contributed by atoms with Crippen LogP contribution in [-0.4, -0.2) is 26.0 Å². The fourth-order valence-corrected chi connectivity index (χ4v) is 3.58. The maximum Gasteiger partial charge on any atom is 0.259 e. The van der Waals surface area contributed by atoms with E-state index in [1.165, 1.54) is 18.3 Å². The molecule has 0 saturated carbocycles. The minimum Gasteiger partial charge on any atom is -0.497 e. The Morgan fingerprint density at radius 2 is 1.86 bits per heavy atom. The number of para-hydroxylation sites is 1. The number of furan rings is 1. The van der Waals surface area contributed by atoms with E-state index in [2.05, 4.69) is 5.32 Å². The van der Waals surface area contributed by atoms with Crippen LogP contribution in [0, 0.1) is 0 Å². The van der Waals surface area contributed by atoms with Crippen molar-refractivity contribution in [2.45, 2.75) is 12.0 Å². The van der Waals surface area contributed by atoms with E-state index in [4.69, 9.17) is 13.9 Å². The summed E-state index contributed by atoms with van der Waals surface area (Å²) in [7, 11) is 3.06. The maximum atomic E-state index is 13.6. The van der Waals surface area contributed by atoms with Gasteiger partial charge < -0.3 is 19.2 Å². The highest BCUT2D eigenvalue weighted by atomic mass is 16.5. The van der Waals surface area contributed by atoms with Gasteiger partial charge in [-0.3, -0.25) is 14.5 Å². The summed E-state index contributed by atoms with van der Waals surface area (Å²) in [5.74, 6) is 0.867. The molecule has 2 aromatic carbocycles. The average molecular weight is 392 g/mol. The van der Waals surface area contributed by atoms with Gasteiger partial charge in [0.1, 0.15) is 17.3 Å². The third kappa shape index (κ3) is 3.00. The smallest absolute Gasteiger partial charge is 0.259 e. The number of nitrogens with zero attached hydrogens (tertiary/aromatic N) is 1. The minimum absolute atomic E-state index is 0.00642. The van der Waals surface area contributed by atoms with E-state index < -0.39 is 11.4 Å². The van der Waals surface area contributed by atoms with Crippen LogP contribution in [0.4, 0.5) is 11.4 Å². The zero-order valence-electron chi connectivity index (χ0n) is 16.0. The normalized spacial score (nSPS) is 18.1. The van der Waals surface area contributed by atoms with Gasteiger partial charge in [0.2, 0.25) is 5.91 Å². The minimum atomic E-state index is -1.30. The van der Waals surface area contributed by atoms with Crippen molar-refractivity contribution in [3.05, 3.63) is 72.7 Å². The van der Waals surface area contributed by atoms with E-state index in [9.17, 15) is 9.59 Å². The number of methoxy groups -OCH3 is 2. The fraction of sp³-hybridized carbons (Fsp3) is 0.182. The molecule has 4 rings (SSSR count). The molecule has 1 fully saturated rings. The van der Waals surface area contributed by atoms with Gasteiger partial charge in [0, 0.05) is 11.8 Å². The van der Waals surface area contributed by atoms with Crippen molar-refractivity contribution in [2.75, 3.05) is 24.4 Å². The number of hydrogen-bond donors (Lipinski definition) is 1. The van der Waals surface area contributed by atoms with Crippen molar-refractivity contribution < 1.29 is 23.5 Å². The van der Waals surface area contributed by atoms with Crippen LogP contribution in [0.3, 0.4) is 0 Å². The Morgan fingerprint density at radius 1 is 1.07 bits per heavy atom. The topological polar surface area (TPSA) is 81.0 Å². The summed E-state index contributed by atoms with van der Waals surface area (Å²) < 4.78 is 16.2. The molecule has 0 radical (unpaired) electrons. The van der Waals surface area contributed by atoms with Crippen molar-refractivity contribution in [2.24, 2.45) is 0 Å². The molecule has 1 aliphatic heterocycles. The Kier molecular flexibility index (Phi) is 4.72. The van der Waals surface area contributed by atoms with Gasteiger partial charge in [0.05, 0.1) is 32.6 Å². The zero-order chi connectivity index (χ0) is 20.4. The molecule has 3 aromatic rings. The van der Waals surface area contributed by atoms with Gasteiger partial charge in [-0.05, 0) is 36.4 Å². The Labute approximate surface area is 167 Å². The molecule has 148 valence electrons. The quantitative estimate of drug-likeness (QED) is 0.649. The van der Waals surface area contributed by atoms with E-state index in [-0.39, 0.29) is 12.3 Å². The Morgan fingerprint density at radius 3 is 2.48 bits per heavy atom. The first-order valence-electron chi connectivity index (χ1n) is 9.05. The lowest BCUT2D eigenvalue weighted by molar-refractivity contribution is -0.138. The van der Waals surface area contributed by atoms with Crippen LogP contribution in [0.5, 0.6) is 11.5 Å². The molecule has 29 heavy (non-hydrogen) atoms. The lowest BCUT2D eigenvalue weighted by Gasteiger charge is -2.48. The molecule has 0 unspecified atom stereocenters. The summed E-state index contributed by atoms with van der Waals surface area (Å²) in [5, 5.41) is 2.89. The van der Waals surface area contributed by atoms with E-state index in [0.717, 1.165) is 0 Å². The molecule has 2 heterocycles. The number of β-lactam (4-membered cyclic amide) rings is 1. The molecule has 1 saturated heterocycles. The first-order chi connectivity index (χ1) is 14.1. The van der Waals surface area contributed by atoms with Gasteiger partial charge in [-0.1, -0.05) is 18.2 Å². The van der Waals surface area contributed by atoms with Crippen LogP contribution < -0.4 is 19.7 Å². The zero-order valence-corrected chi connectivity index (χ0v) is 16.0. The van der Waals surface area contributed by atoms with Crippen molar-refractivity contribution in [3.63, 3.8) is 0 Å². The van der Waals surface area contributed by atoms with Gasteiger partial charge in [-0.15, -0.1) is 0 Å². The van der Waals surface area contributed by atoms with E-state index in [1.54, 1.807) is 49.6 Å². The van der Waals surface area contributed by atoms with Crippen molar-refractivity contribution in [1.82, 2.24) is 0 Å². The van der Waals surface area contributed by atoms with Crippen molar-refractivity contribution in [3.8, 4) is 11.5 Å². The Hall–Kier alpha value is -3.74. The van der Waals surface area contributed by atoms with Gasteiger partial charge in [0.15, 0.2) is 5.54 Å². The maximum absolute atomic E-state index is 13.6. The number of amides is 2. The molecular weight excluding hydrogens is 372 g/mol. The van der Waals surface area contributed by atoms with Gasteiger partial charge in [0.25, 0.3) is 5.91 Å². The Balaban J connectivity index is 1.76. The monoisotopic (exact) mass is 392 g/mol. The standard InChI is InChI=1S/C22H20N2O5/c1-27-16-10-11-18(28-2)17(13-16)23-21(26)22(19-9-6-12-29-19)14-20(25)24(22)15-7-4-3-5-8-15/h3-13H,14H2,1-2H3,(H,23,26)/t22-/m1/s1. The van der Waals surface area contributed by atoms with Crippen LogP contribution in [0.2, 0.25) is 0 Å². The largest absolute Gasteiger partial charge is 0.497 e. The summed E-state index contributed by atoms with van der Waals surface area (Å²) in [6, 6.07) is 17.6. The van der Waals surface area contributed by atoms with E-state index in [1.807, 2.05) is 18.2 Å². The molecule has 1 atom stereocenters. The lowest BCUT2D eigenvalue weighted by Crippen LogP contribution is -2.67. The first-order valence-corrected chi connectivity index (χ1v) is 9.05. The molecule has 0 aliphatic carbocycles. The molecule has 1 aromatic heterocycles. The molecule has 0 spiro atoms. The fourth-order valence-electron chi connectivity index (χ4n) is 3.58. The van der Waals surface area contributed by atoms with Crippen molar-refractivity contribution >= 4 is 23.2 Å². The number of rotatable bonds is 6. The van der Waals surface area contributed by atoms with E-state index in [0.29, 0.717) is 28.6 Å². The second kappa shape index (κ2) is 7.35. The number of hydrogen-bond acceptors (Lipinski definition) is 5. The molecule has 1 N–H and O–H groups in total. The molecule has 7 nitrogen and oxygen atoms in total. The summed E-state index contributed by atoms with van der Waals surface area (Å²) in [6.45, 7) is 0. The summed E-state index contributed by atoms with van der Waals surface area (Å²) in [5.41, 5.74) is -0.237. The number of nitrogens with one attached hydrogen (secondary N) is 1. The van der Waals surface area contributed by atoms with Crippen LogP contribution >= 0.6 is 0 Å². The second-order valence-electron chi connectivity index (χ2n) is 6.60. The first kappa shape index (κ1) is 18.6. The predicted octanol–water partition coefficient (Wildman–Crippen LogP) is 3.57. The summed E-state index contributed by atoms with van der Waals surface area (Å²) >= 11 is 0. The second-order valence-corrected chi connectivity index (χ2v) is 6.60. The molecular formula is C22H20N2O5. The Bertz CT molecular complexity index is 1030. The molecule has 1 aliphatic rings. The third-order valence-corrected chi connectivity index (χ3v) is 5.01. The summed E-state index contributed by atoms with van der Waals surface area (Å²) in [4.78, 5) is 27.6. The van der Waals surface area contributed by atoms with Crippen LogP contribution in [0.15, 0.2) is 71.3 Å². The van der Waals surface area contributed by atoms with Crippen molar-refractivity contribution in [1.29, 1.82) is 0 Å². The number of anilines is 2. The number of carbonyl (C=O) groups excluding carboxylic acids is 2. The van der Waals surface area contributed by atoms with Crippen LogP contribution in [0.25, 0.3) is 0 Å². The lowest BCUT2D eigenvalue weighted by atomic mass is 9.79. The van der Waals surface area contributed by atoms with Crippen LogP contribution in [0.1, 0.15) is 12.2 Å². The van der Waals surface area contributed by atoms with Gasteiger partial charge in [-0.25, -0.2) is 0 Å². The number of carbonyl (C=O) groups is 2. The highest BCUT2D eigenvalue weighted by Crippen LogP contribution is 2.46. The molecule has 7 heteroatoms. The number of ether oxygens (including phenoxy) is 2. The highest BCUT2D eigenvalue weighted by molar-refractivity contribution is 6.16. The predicted molar refractivity (Wildman–Crippen MR) is 107 cm³/mol. The van der Waals surface area contributed by atoms with Gasteiger partial charge in [-0.2, -0.15) is 0 Å². The molecule has 2 amide bonds. The SMILES string of the molecule is COc1ccc(OC)c(NC(=O)[C@]2(c3ccco3)CC(=O)N2c2ccccc2)c1. The molecule has 0 bridgehead atoms.